The number of aromatic nitrogens is 1. The van der Waals surface area contributed by atoms with Crippen LogP contribution in [0.3, 0.4) is 0 Å². The lowest BCUT2D eigenvalue weighted by Crippen LogP contribution is -2.32. The van der Waals surface area contributed by atoms with Crippen molar-refractivity contribution < 1.29 is 14.1 Å². The molecule has 2 fully saturated rings. The fraction of sp³-hybridized carbons (Fsp3) is 0.778. The molecule has 0 aromatic carbocycles. The fourth-order valence-corrected chi connectivity index (χ4v) is 3.99. The first-order chi connectivity index (χ1) is 11.6. The molecule has 1 aromatic rings. The second-order valence-corrected chi connectivity index (χ2v) is 7.21. The molecule has 2 aliphatic rings. The fourth-order valence-electron chi connectivity index (χ4n) is 3.99. The highest BCUT2D eigenvalue weighted by molar-refractivity contribution is 5.93. The van der Waals surface area contributed by atoms with Crippen LogP contribution in [0.2, 0.25) is 0 Å². The highest BCUT2D eigenvalue weighted by atomic mass is 16.5. The smallest absolute Gasteiger partial charge is 0.276 e. The number of likely N-dealkylation sites (tertiary alicyclic amines) is 2. The molecule has 3 heterocycles. The van der Waals surface area contributed by atoms with Crippen molar-refractivity contribution in [2.75, 3.05) is 46.4 Å². The summed E-state index contributed by atoms with van der Waals surface area (Å²) in [6, 6.07) is 0. The van der Waals surface area contributed by atoms with Crippen LogP contribution in [0.5, 0.6) is 0 Å². The normalized spacial score (nSPS) is 24.9. The van der Waals surface area contributed by atoms with Gasteiger partial charge in [-0.15, -0.1) is 0 Å². The molecule has 0 saturated carbocycles. The van der Waals surface area contributed by atoms with Crippen LogP contribution in [0, 0.1) is 25.7 Å². The number of nitrogens with zero attached hydrogens (tertiary/aromatic N) is 3. The van der Waals surface area contributed by atoms with Crippen LogP contribution in [0.25, 0.3) is 0 Å². The molecule has 2 saturated heterocycles. The third-order valence-corrected chi connectivity index (χ3v) is 5.68. The minimum Gasteiger partial charge on any atom is -0.385 e. The first-order valence-electron chi connectivity index (χ1n) is 9.03. The Bertz CT molecular complexity index is 556. The molecule has 1 amide bonds. The topological polar surface area (TPSA) is 58.8 Å². The zero-order chi connectivity index (χ0) is 17.1. The van der Waals surface area contributed by atoms with E-state index in [4.69, 9.17) is 9.26 Å². The van der Waals surface area contributed by atoms with Crippen LogP contribution < -0.4 is 0 Å². The Labute approximate surface area is 144 Å². The molecule has 0 radical (unpaired) electrons. The van der Waals surface area contributed by atoms with Crippen molar-refractivity contribution in [2.45, 2.75) is 33.1 Å². The third kappa shape index (κ3) is 3.64. The van der Waals surface area contributed by atoms with Gasteiger partial charge in [0, 0.05) is 38.9 Å². The molecule has 134 valence electrons. The average molecular weight is 335 g/mol. The Kier molecular flexibility index (Phi) is 5.56. The van der Waals surface area contributed by atoms with E-state index < -0.39 is 0 Å². The summed E-state index contributed by atoms with van der Waals surface area (Å²) in [5.41, 5.74) is 1.36. The van der Waals surface area contributed by atoms with E-state index in [2.05, 4.69) is 10.1 Å². The van der Waals surface area contributed by atoms with E-state index in [1.165, 1.54) is 12.8 Å². The maximum absolute atomic E-state index is 12.7. The molecule has 2 aliphatic heterocycles. The maximum Gasteiger partial charge on any atom is 0.276 e. The van der Waals surface area contributed by atoms with Crippen molar-refractivity contribution in [1.82, 2.24) is 15.0 Å². The van der Waals surface area contributed by atoms with Crippen LogP contribution >= 0.6 is 0 Å². The molecule has 0 spiro atoms. The van der Waals surface area contributed by atoms with Crippen LogP contribution in [-0.4, -0.2) is 67.3 Å². The van der Waals surface area contributed by atoms with Gasteiger partial charge < -0.3 is 19.1 Å². The van der Waals surface area contributed by atoms with E-state index in [0.29, 0.717) is 17.5 Å². The first-order valence-corrected chi connectivity index (χ1v) is 9.03. The molecule has 0 aliphatic carbocycles. The van der Waals surface area contributed by atoms with Crippen molar-refractivity contribution >= 4 is 5.91 Å². The summed E-state index contributed by atoms with van der Waals surface area (Å²) in [6.07, 6.45) is 3.46. The lowest BCUT2D eigenvalue weighted by molar-refractivity contribution is 0.0768. The average Bonchev–Trinajstić information content (AvgIpc) is 3.08. The number of hydrogen-bond donors (Lipinski definition) is 0. The highest BCUT2D eigenvalue weighted by Crippen LogP contribution is 2.32. The van der Waals surface area contributed by atoms with Gasteiger partial charge in [-0.05, 0) is 58.0 Å². The van der Waals surface area contributed by atoms with Gasteiger partial charge in [0.15, 0.2) is 5.69 Å². The lowest BCUT2D eigenvalue weighted by atomic mass is 9.92. The standard InChI is InChI=1S/C18H29N3O3/c1-13-14(2)24-19-17(13)18(22)21-11-15-5-8-20(7-4-10-23-3)9-6-16(15)12-21/h15-16H,4-12H2,1-3H3/t15-,16+. The van der Waals surface area contributed by atoms with E-state index in [1.807, 2.05) is 18.7 Å². The third-order valence-electron chi connectivity index (χ3n) is 5.68. The molecule has 1 aromatic heterocycles. The molecule has 0 N–H and O–H groups in total. The maximum atomic E-state index is 12.7. The number of methoxy groups -OCH3 is 1. The molecule has 6 heteroatoms. The SMILES string of the molecule is COCCCN1CC[C@@H]2CN(C(=O)c3noc(C)c3C)C[C@@H]2CC1. The Balaban J connectivity index is 1.55. The Hall–Kier alpha value is -1.40. The zero-order valence-electron chi connectivity index (χ0n) is 15.1. The molecular weight excluding hydrogens is 306 g/mol. The number of ether oxygens (including phenoxy) is 1. The van der Waals surface area contributed by atoms with Gasteiger partial charge in [-0.2, -0.15) is 0 Å². The Morgan fingerprint density at radius 1 is 1.25 bits per heavy atom. The molecular formula is C18H29N3O3. The van der Waals surface area contributed by atoms with E-state index >= 15 is 0 Å². The van der Waals surface area contributed by atoms with Crippen molar-refractivity contribution in [1.29, 1.82) is 0 Å². The van der Waals surface area contributed by atoms with Crippen molar-refractivity contribution in [2.24, 2.45) is 11.8 Å². The van der Waals surface area contributed by atoms with Crippen LogP contribution in [0.15, 0.2) is 4.52 Å². The summed E-state index contributed by atoms with van der Waals surface area (Å²) < 4.78 is 10.3. The van der Waals surface area contributed by atoms with Crippen LogP contribution in [0.1, 0.15) is 41.1 Å². The van der Waals surface area contributed by atoms with E-state index in [1.54, 1.807) is 7.11 Å². The molecule has 0 unspecified atom stereocenters. The predicted molar refractivity (Wildman–Crippen MR) is 91.0 cm³/mol. The van der Waals surface area contributed by atoms with Crippen molar-refractivity contribution in [3.63, 3.8) is 0 Å². The van der Waals surface area contributed by atoms with Gasteiger partial charge in [0.05, 0.1) is 0 Å². The number of carbonyl (C=O) groups excluding carboxylic acids is 1. The monoisotopic (exact) mass is 335 g/mol. The summed E-state index contributed by atoms with van der Waals surface area (Å²) in [7, 11) is 1.76. The minimum atomic E-state index is 0.0365. The number of fused-ring (bicyclic) bond motifs is 1. The Morgan fingerprint density at radius 3 is 2.46 bits per heavy atom. The minimum absolute atomic E-state index is 0.0365. The Morgan fingerprint density at radius 2 is 1.92 bits per heavy atom. The van der Waals surface area contributed by atoms with Gasteiger partial charge in [0.1, 0.15) is 5.76 Å². The molecule has 0 bridgehead atoms. The number of rotatable bonds is 5. The van der Waals surface area contributed by atoms with Crippen molar-refractivity contribution in [3.8, 4) is 0 Å². The first kappa shape index (κ1) is 17.4. The summed E-state index contributed by atoms with van der Waals surface area (Å²) in [6.45, 7) is 9.71. The number of hydrogen-bond acceptors (Lipinski definition) is 5. The number of carbonyl (C=O) groups is 1. The summed E-state index contributed by atoms with van der Waals surface area (Å²) >= 11 is 0. The summed E-state index contributed by atoms with van der Waals surface area (Å²) in [5, 5.41) is 3.96. The number of amides is 1. The van der Waals surface area contributed by atoms with Gasteiger partial charge in [0.25, 0.3) is 5.91 Å². The second kappa shape index (κ2) is 7.66. The molecule has 6 nitrogen and oxygen atoms in total. The summed E-state index contributed by atoms with van der Waals surface area (Å²) in [4.78, 5) is 17.3. The second-order valence-electron chi connectivity index (χ2n) is 7.21. The van der Waals surface area contributed by atoms with Gasteiger partial charge in [-0.25, -0.2) is 0 Å². The predicted octanol–water partition coefficient (Wildman–Crippen LogP) is 2.11. The largest absolute Gasteiger partial charge is 0.385 e. The quantitative estimate of drug-likeness (QED) is 0.772. The van der Waals surface area contributed by atoms with Gasteiger partial charge in [0.2, 0.25) is 0 Å². The lowest BCUT2D eigenvalue weighted by Gasteiger charge is -2.21. The van der Waals surface area contributed by atoms with Crippen molar-refractivity contribution in [3.05, 3.63) is 17.0 Å². The van der Waals surface area contributed by atoms with Crippen LogP contribution in [-0.2, 0) is 4.74 Å². The molecule has 24 heavy (non-hydrogen) atoms. The zero-order valence-corrected chi connectivity index (χ0v) is 15.1. The number of aryl methyl sites for hydroxylation is 1. The van der Waals surface area contributed by atoms with Crippen LogP contribution in [0.4, 0.5) is 0 Å². The molecule has 3 rings (SSSR count). The van der Waals surface area contributed by atoms with E-state index in [0.717, 1.165) is 57.1 Å². The summed E-state index contributed by atoms with van der Waals surface area (Å²) in [5.74, 6) is 2.01. The van der Waals surface area contributed by atoms with E-state index in [-0.39, 0.29) is 5.91 Å². The van der Waals surface area contributed by atoms with Gasteiger partial charge in [-0.1, -0.05) is 5.16 Å². The highest BCUT2D eigenvalue weighted by Gasteiger charge is 2.38. The van der Waals surface area contributed by atoms with E-state index in [9.17, 15) is 4.79 Å². The van der Waals surface area contributed by atoms with Gasteiger partial charge >= 0.3 is 0 Å². The van der Waals surface area contributed by atoms with Gasteiger partial charge in [-0.3, -0.25) is 4.79 Å². The molecule has 2 atom stereocenters.